The average Bonchev–Trinajstić information content (AvgIpc) is 2.31. The van der Waals surface area contributed by atoms with Crippen molar-refractivity contribution >= 4 is 29.1 Å². The molecule has 2 aromatic rings. The number of fused-ring (bicyclic) bond motifs is 1. The van der Waals surface area contributed by atoms with E-state index < -0.39 is 0 Å². The highest BCUT2D eigenvalue weighted by Crippen LogP contribution is 2.19. The van der Waals surface area contributed by atoms with Crippen molar-refractivity contribution < 1.29 is 9.53 Å². The molecule has 1 aromatic carbocycles. The van der Waals surface area contributed by atoms with Crippen LogP contribution in [0.15, 0.2) is 24.4 Å². The molecule has 0 aliphatic rings. The van der Waals surface area contributed by atoms with E-state index >= 15 is 0 Å². The van der Waals surface area contributed by atoms with Gasteiger partial charge in [0.1, 0.15) is 0 Å². The molecule has 0 aliphatic heterocycles. The Bertz CT molecular complexity index is 631. The van der Waals surface area contributed by atoms with Crippen molar-refractivity contribution in [2.45, 2.75) is 13.8 Å². The van der Waals surface area contributed by atoms with Gasteiger partial charge in [0.2, 0.25) is 0 Å². The maximum Gasteiger partial charge on any atom is 0.341 e. The van der Waals surface area contributed by atoms with E-state index in [1.165, 1.54) is 0 Å². The molecule has 0 amide bonds. The summed E-state index contributed by atoms with van der Waals surface area (Å²) in [4.78, 5) is 14.8. The maximum atomic E-state index is 11.7. The Balaban J connectivity index is 2.67. The summed E-state index contributed by atoms with van der Waals surface area (Å²) in [6.07, 6.45) is 1.62. The number of pyridine rings is 1. The second-order valence-corrected chi connectivity index (χ2v) is 4.16. The lowest BCUT2D eigenvalue weighted by molar-refractivity contribution is 0.0525. The molecule has 2 rings (SSSR count). The van der Waals surface area contributed by atoms with Crippen LogP contribution in [-0.2, 0) is 4.74 Å². The van der Waals surface area contributed by atoms with Gasteiger partial charge in [-0.05, 0) is 19.4 Å². The number of rotatable bonds is 2. The molecule has 17 heavy (non-hydrogen) atoms. The quantitative estimate of drug-likeness (QED) is 0.653. The van der Waals surface area contributed by atoms with Crippen LogP contribution in [0.2, 0.25) is 0 Å². The Morgan fingerprint density at radius 2 is 2.24 bits per heavy atom. The highest BCUT2D eigenvalue weighted by Gasteiger charge is 2.11. The molecule has 0 saturated heterocycles. The number of para-hydroxylation sites is 1. The molecular formula is C13H13NO2S. The lowest BCUT2D eigenvalue weighted by Gasteiger charge is -2.06. The van der Waals surface area contributed by atoms with Crippen molar-refractivity contribution in [3.63, 3.8) is 0 Å². The normalized spacial score (nSPS) is 10.5. The zero-order valence-corrected chi connectivity index (χ0v) is 10.6. The summed E-state index contributed by atoms with van der Waals surface area (Å²) in [6.45, 7) is 4.12. The largest absolute Gasteiger partial charge is 0.462 e. The molecule has 0 saturated carbocycles. The standard InChI is InChI=1S/C13H13NO2S/c1-3-16-13(15)10-7-14-11-8(2)5-4-6-9(11)12(10)17/h4-7H,3H2,1-2H3,(H,14,17). The van der Waals surface area contributed by atoms with Crippen LogP contribution in [0, 0.1) is 11.4 Å². The van der Waals surface area contributed by atoms with Gasteiger partial charge in [0.25, 0.3) is 0 Å². The number of aromatic nitrogens is 1. The van der Waals surface area contributed by atoms with Gasteiger partial charge in [-0.15, -0.1) is 0 Å². The van der Waals surface area contributed by atoms with Gasteiger partial charge in [-0.3, -0.25) is 0 Å². The van der Waals surface area contributed by atoms with Crippen molar-refractivity contribution in [3.05, 3.63) is 40.0 Å². The molecule has 0 radical (unpaired) electrons. The predicted octanol–water partition coefficient (Wildman–Crippen LogP) is 3.38. The molecule has 0 atom stereocenters. The topological polar surface area (TPSA) is 42.1 Å². The third-order valence-corrected chi connectivity index (χ3v) is 3.06. The number of esters is 1. The number of aromatic amines is 1. The first-order valence-electron chi connectivity index (χ1n) is 5.43. The van der Waals surface area contributed by atoms with Crippen LogP contribution in [0.3, 0.4) is 0 Å². The van der Waals surface area contributed by atoms with Gasteiger partial charge < -0.3 is 9.72 Å². The Morgan fingerprint density at radius 1 is 1.47 bits per heavy atom. The lowest BCUT2D eigenvalue weighted by atomic mass is 10.1. The van der Waals surface area contributed by atoms with Crippen molar-refractivity contribution in [2.75, 3.05) is 6.61 Å². The number of carbonyl (C=O) groups is 1. The zero-order chi connectivity index (χ0) is 12.4. The molecule has 0 fully saturated rings. The molecule has 3 nitrogen and oxygen atoms in total. The van der Waals surface area contributed by atoms with Gasteiger partial charge in [-0.2, -0.15) is 0 Å². The summed E-state index contributed by atoms with van der Waals surface area (Å²) < 4.78 is 5.50. The minimum absolute atomic E-state index is 0.347. The first kappa shape index (κ1) is 11.8. The van der Waals surface area contributed by atoms with Crippen LogP contribution >= 0.6 is 12.2 Å². The Labute approximate surface area is 104 Å². The van der Waals surface area contributed by atoms with Crippen LogP contribution in [0.4, 0.5) is 0 Å². The number of hydrogen-bond donors (Lipinski definition) is 1. The van der Waals surface area contributed by atoms with Gasteiger partial charge in [0.15, 0.2) is 0 Å². The average molecular weight is 247 g/mol. The van der Waals surface area contributed by atoms with E-state index in [4.69, 9.17) is 17.0 Å². The third-order valence-electron chi connectivity index (χ3n) is 2.62. The molecule has 88 valence electrons. The van der Waals surface area contributed by atoms with Crippen molar-refractivity contribution in [2.24, 2.45) is 0 Å². The van der Waals surface area contributed by atoms with Gasteiger partial charge in [0.05, 0.1) is 16.7 Å². The van der Waals surface area contributed by atoms with Crippen LogP contribution in [0.25, 0.3) is 10.9 Å². The highest BCUT2D eigenvalue weighted by atomic mass is 32.1. The minimum atomic E-state index is -0.378. The number of nitrogens with one attached hydrogen (secondary N) is 1. The molecule has 1 heterocycles. The van der Waals surface area contributed by atoms with Gasteiger partial charge in [-0.25, -0.2) is 4.79 Å². The fraction of sp³-hybridized carbons (Fsp3) is 0.231. The van der Waals surface area contributed by atoms with E-state index in [1.807, 2.05) is 25.1 Å². The van der Waals surface area contributed by atoms with E-state index in [1.54, 1.807) is 13.1 Å². The monoisotopic (exact) mass is 247 g/mol. The summed E-state index contributed by atoms with van der Waals surface area (Å²) in [5.74, 6) is -0.378. The van der Waals surface area contributed by atoms with E-state index in [9.17, 15) is 4.79 Å². The minimum Gasteiger partial charge on any atom is -0.462 e. The highest BCUT2D eigenvalue weighted by molar-refractivity contribution is 7.71. The molecule has 0 bridgehead atoms. The van der Waals surface area contributed by atoms with Gasteiger partial charge in [-0.1, -0.05) is 30.4 Å². The Kier molecular flexibility index (Phi) is 3.24. The van der Waals surface area contributed by atoms with E-state index in [0.29, 0.717) is 16.7 Å². The second kappa shape index (κ2) is 4.67. The summed E-state index contributed by atoms with van der Waals surface area (Å²) in [7, 11) is 0. The molecule has 0 spiro atoms. The lowest BCUT2D eigenvalue weighted by Crippen LogP contribution is -2.06. The number of H-pyrrole nitrogens is 1. The summed E-state index contributed by atoms with van der Waals surface area (Å²) in [5.41, 5.74) is 2.48. The first-order chi connectivity index (χ1) is 8.15. The fourth-order valence-electron chi connectivity index (χ4n) is 1.76. The Hall–Kier alpha value is -1.68. The van der Waals surface area contributed by atoms with E-state index in [0.717, 1.165) is 16.5 Å². The van der Waals surface area contributed by atoms with Crippen LogP contribution in [-0.4, -0.2) is 17.6 Å². The predicted molar refractivity (Wildman–Crippen MR) is 69.8 cm³/mol. The van der Waals surface area contributed by atoms with E-state index in [-0.39, 0.29) is 5.97 Å². The zero-order valence-electron chi connectivity index (χ0n) is 9.74. The molecule has 0 aliphatic carbocycles. The van der Waals surface area contributed by atoms with Crippen molar-refractivity contribution in [3.8, 4) is 0 Å². The number of ether oxygens (including phenoxy) is 1. The number of aryl methyl sites for hydroxylation is 1. The van der Waals surface area contributed by atoms with E-state index in [2.05, 4.69) is 4.98 Å². The van der Waals surface area contributed by atoms with Crippen molar-refractivity contribution in [1.29, 1.82) is 0 Å². The number of benzene rings is 1. The molecule has 1 N–H and O–H groups in total. The fourth-order valence-corrected chi connectivity index (χ4v) is 2.08. The van der Waals surface area contributed by atoms with Gasteiger partial charge in [0, 0.05) is 17.1 Å². The van der Waals surface area contributed by atoms with Gasteiger partial charge >= 0.3 is 5.97 Å². The third kappa shape index (κ3) is 2.08. The summed E-state index contributed by atoms with van der Waals surface area (Å²) in [5, 5.41) is 0.880. The number of carbonyl (C=O) groups excluding carboxylic acids is 1. The molecule has 1 aromatic heterocycles. The first-order valence-corrected chi connectivity index (χ1v) is 5.84. The van der Waals surface area contributed by atoms with Crippen LogP contribution < -0.4 is 0 Å². The van der Waals surface area contributed by atoms with Crippen LogP contribution in [0.5, 0.6) is 0 Å². The molecule has 0 unspecified atom stereocenters. The maximum absolute atomic E-state index is 11.7. The molecular weight excluding hydrogens is 234 g/mol. The number of hydrogen-bond acceptors (Lipinski definition) is 3. The second-order valence-electron chi connectivity index (χ2n) is 3.75. The Morgan fingerprint density at radius 3 is 2.94 bits per heavy atom. The van der Waals surface area contributed by atoms with Crippen LogP contribution in [0.1, 0.15) is 22.8 Å². The summed E-state index contributed by atoms with van der Waals surface area (Å²) in [6, 6.07) is 5.83. The molecule has 4 heteroatoms. The van der Waals surface area contributed by atoms with Crippen molar-refractivity contribution in [1.82, 2.24) is 4.98 Å². The smallest absolute Gasteiger partial charge is 0.341 e. The summed E-state index contributed by atoms with van der Waals surface area (Å²) >= 11 is 5.32. The SMILES string of the molecule is CCOC(=O)c1c[nH]c2c(C)cccc2c1=S.